The van der Waals surface area contributed by atoms with Crippen LogP contribution in [0, 0.1) is 0 Å². The molecule has 0 unspecified atom stereocenters. The van der Waals surface area contributed by atoms with Gasteiger partial charge in [-0.1, -0.05) is 17.3 Å². The number of nitrogens with two attached hydrogens (primary N) is 1. The summed E-state index contributed by atoms with van der Waals surface area (Å²) in [7, 11) is -3.61. The third-order valence-corrected chi connectivity index (χ3v) is 5.16. The molecule has 0 amide bonds. The molecule has 24 heavy (non-hydrogen) atoms. The minimum absolute atomic E-state index is 0.183. The molecule has 0 radical (unpaired) electrons. The third kappa shape index (κ3) is 3.44. The molecule has 0 aliphatic carbocycles. The van der Waals surface area contributed by atoms with Crippen LogP contribution >= 0.6 is 0 Å². The Morgan fingerprint density at radius 1 is 1.08 bits per heavy atom. The molecule has 1 atom stereocenters. The van der Waals surface area contributed by atoms with Gasteiger partial charge < -0.3 is 5.73 Å². The smallest absolute Gasteiger partial charge is 0.241 e. The van der Waals surface area contributed by atoms with Crippen molar-refractivity contribution >= 4 is 15.7 Å². The number of nitrogen functional groups attached to an aromatic ring is 1. The molecule has 0 saturated carbocycles. The van der Waals surface area contributed by atoms with E-state index in [0.717, 1.165) is 11.3 Å². The zero-order valence-corrected chi connectivity index (χ0v) is 13.8. The zero-order chi connectivity index (χ0) is 17.2. The van der Waals surface area contributed by atoms with Crippen LogP contribution in [0.5, 0.6) is 0 Å². The van der Waals surface area contributed by atoms with E-state index in [2.05, 4.69) is 15.0 Å². The van der Waals surface area contributed by atoms with Gasteiger partial charge in [0.15, 0.2) is 0 Å². The van der Waals surface area contributed by atoms with Crippen LogP contribution < -0.4 is 10.5 Å². The van der Waals surface area contributed by atoms with Crippen LogP contribution in [0.1, 0.15) is 18.5 Å². The molecule has 3 aromatic rings. The van der Waals surface area contributed by atoms with Gasteiger partial charge in [-0.25, -0.2) is 17.8 Å². The standard InChI is InChI=1S/C16H17N5O2S/c1-12(19-24(22,23)16-8-4-14(17)5-9-16)13-2-6-15(7-3-13)21-11-10-18-20-21/h2-12,19H,17H2,1H3/t12-/m0/s1. The van der Waals surface area contributed by atoms with Crippen LogP contribution in [0.15, 0.2) is 65.8 Å². The molecule has 3 rings (SSSR count). The molecule has 2 aromatic carbocycles. The number of hydrogen-bond acceptors (Lipinski definition) is 5. The Morgan fingerprint density at radius 3 is 2.33 bits per heavy atom. The molecule has 7 nitrogen and oxygen atoms in total. The Labute approximate surface area is 140 Å². The molecule has 0 spiro atoms. The summed E-state index contributed by atoms with van der Waals surface area (Å²) < 4.78 is 29.1. The van der Waals surface area contributed by atoms with Crippen LogP contribution in [-0.4, -0.2) is 23.4 Å². The Balaban J connectivity index is 1.76. The fourth-order valence-corrected chi connectivity index (χ4v) is 3.51. The molecule has 0 aliphatic heterocycles. The summed E-state index contributed by atoms with van der Waals surface area (Å²) in [6.07, 6.45) is 3.33. The minimum Gasteiger partial charge on any atom is -0.399 e. The quantitative estimate of drug-likeness (QED) is 0.689. The first-order valence-electron chi connectivity index (χ1n) is 7.30. The van der Waals surface area contributed by atoms with Crippen molar-refractivity contribution in [3.05, 3.63) is 66.5 Å². The summed E-state index contributed by atoms with van der Waals surface area (Å²) in [5.74, 6) is 0. The number of aromatic nitrogens is 3. The Bertz CT molecular complexity index is 904. The van der Waals surface area contributed by atoms with Gasteiger partial charge in [-0.2, -0.15) is 0 Å². The predicted octanol–water partition coefficient (Wildman–Crippen LogP) is 1.89. The molecule has 3 N–H and O–H groups in total. The lowest BCUT2D eigenvalue weighted by Gasteiger charge is -2.15. The Kier molecular flexibility index (Phi) is 4.32. The number of hydrogen-bond donors (Lipinski definition) is 2. The van der Waals surface area contributed by atoms with Crippen molar-refractivity contribution in [1.82, 2.24) is 19.7 Å². The van der Waals surface area contributed by atoms with Gasteiger partial charge in [0.1, 0.15) is 0 Å². The van der Waals surface area contributed by atoms with E-state index in [4.69, 9.17) is 5.73 Å². The third-order valence-electron chi connectivity index (χ3n) is 3.60. The van der Waals surface area contributed by atoms with E-state index in [1.54, 1.807) is 36.1 Å². The van der Waals surface area contributed by atoms with E-state index in [1.807, 2.05) is 24.3 Å². The molecule has 124 valence electrons. The highest BCUT2D eigenvalue weighted by molar-refractivity contribution is 7.89. The monoisotopic (exact) mass is 343 g/mol. The number of sulfonamides is 1. The van der Waals surface area contributed by atoms with Gasteiger partial charge in [0.2, 0.25) is 10.0 Å². The predicted molar refractivity (Wildman–Crippen MR) is 90.9 cm³/mol. The summed E-state index contributed by atoms with van der Waals surface area (Å²) in [6, 6.07) is 13.1. The fraction of sp³-hybridized carbons (Fsp3) is 0.125. The number of nitrogens with zero attached hydrogens (tertiary/aromatic N) is 3. The van der Waals surface area contributed by atoms with Crippen LogP contribution in [0.3, 0.4) is 0 Å². The average molecular weight is 343 g/mol. The maximum Gasteiger partial charge on any atom is 0.241 e. The van der Waals surface area contributed by atoms with Crippen molar-refractivity contribution in [1.29, 1.82) is 0 Å². The van der Waals surface area contributed by atoms with Gasteiger partial charge in [-0.15, -0.1) is 5.10 Å². The summed E-state index contributed by atoms with van der Waals surface area (Å²) in [6.45, 7) is 1.79. The van der Waals surface area contributed by atoms with Crippen LogP contribution in [0.25, 0.3) is 5.69 Å². The second-order valence-corrected chi connectivity index (χ2v) is 7.07. The lowest BCUT2D eigenvalue weighted by Crippen LogP contribution is -2.26. The number of anilines is 1. The molecule has 8 heteroatoms. The van der Waals surface area contributed by atoms with Gasteiger partial charge >= 0.3 is 0 Å². The molecule has 1 heterocycles. The summed E-state index contributed by atoms with van der Waals surface area (Å²) in [5.41, 5.74) is 7.81. The lowest BCUT2D eigenvalue weighted by atomic mass is 10.1. The van der Waals surface area contributed by atoms with Crippen molar-refractivity contribution in [3.8, 4) is 5.69 Å². The van der Waals surface area contributed by atoms with E-state index in [0.29, 0.717) is 5.69 Å². The highest BCUT2D eigenvalue weighted by Gasteiger charge is 2.18. The van der Waals surface area contributed by atoms with Crippen molar-refractivity contribution in [2.75, 3.05) is 5.73 Å². The van der Waals surface area contributed by atoms with Crippen molar-refractivity contribution in [3.63, 3.8) is 0 Å². The first-order valence-corrected chi connectivity index (χ1v) is 8.78. The minimum atomic E-state index is -3.61. The van der Waals surface area contributed by atoms with Gasteiger partial charge in [0, 0.05) is 11.7 Å². The average Bonchev–Trinajstić information content (AvgIpc) is 3.09. The topological polar surface area (TPSA) is 103 Å². The van der Waals surface area contributed by atoms with E-state index >= 15 is 0 Å². The number of nitrogens with one attached hydrogen (secondary N) is 1. The first-order chi connectivity index (χ1) is 11.5. The van der Waals surface area contributed by atoms with Gasteiger partial charge in [0.05, 0.1) is 23.0 Å². The first kappa shape index (κ1) is 16.2. The number of benzene rings is 2. The van der Waals surface area contributed by atoms with Crippen LogP contribution in [-0.2, 0) is 10.0 Å². The highest BCUT2D eigenvalue weighted by Crippen LogP contribution is 2.19. The van der Waals surface area contributed by atoms with E-state index in [-0.39, 0.29) is 10.9 Å². The highest BCUT2D eigenvalue weighted by atomic mass is 32.2. The molecule has 0 bridgehead atoms. The molecule has 0 aliphatic rings. The Morgan fingerprint density at radius 2 is 1.75 bits per heavy atom. The van der Waals surface area contributed by atoms with Gasteiger partial charge in [-0.3, -0.25) is 0 Å². The summed E-state index contributed by atoms with van der Waals surface area (Å²) in [4.78, 5) is 0.183. The molecule has 0 fully saturated rings. The molecule has 1 aromatic heterocycles. The normalized spacial score (nSPS) is 12.9. The molecular formula is C16H17N5O2S. The van der Waals surface area contributed by atoms with Crippen molar-refractivity contribution in [2.45, 2.75) is 17.9 Å². The second-order valence-electron chi connectivity index (χ2n) is 5.35. The van der Waals surface area contributed by atoms with Crippen molar-refractivity contribution < 1.29 is 8.42 Å². The van der Waals surface area contributed by atoms with Gasteiger partial charge in [0.25, 0.3) is 0 Å². The molecule has 0 saturated heterocycles. The maximum absolute atomic E-state index is 12.4. The number of rotatable bonds is 5. The largest absolute Gasteiger partial charge is 0.399 e. The maximum atomic E-state index is 12.4. The zero-order valence-electron chi connectivity index (χ0n) is 13.0. The van der Waals surface area contributed by atoms with Gasteiger partial charge in [-0.05, 0) is 48.9 Å². The van der Waals surface area contributed by atoms with E-state index in [1.165, 1.54) is 12.1 Å². The van der Waals surface area contributed by atoms with Crippen LogP contribution in [0.2, 0.25) is 0 Å². The molecular weight excluding hydrogens is 326 g/mol. The summed E-state index contributed by atoms with van der Waals surface area (Å²) in [5, 5.41) is 7.67. The van der Waals surface area contributed by atoms with Crippen LogP contribution in [0.4, 0.5) is 5.69 Å². The summed E-state index contributed by atoms with van der Waals surface area (Å²) >= 11 is 0. The second kappa shape index (κ2) is 6.42. The Hall–Kier alpha value is -2.71. The van der Waals surface area contributed by atoms with E-state index < -0.39 is 10.0 Å². The SMILES string of the molecule is C[C@H](NS(=O)(=O)c1ccc(N)cc1)c1ccc(-n2ccnn2)cc1. The van der Waals surface area contributed by atoms with E-state index in [9.17, 15) is 8.42 Å². The lowest BCUT2D eigenvalue weighted by molar-refractivity contribution is 0.567. The van der Waals surface area contributed by atoms with Crippen molar-refractivity contribution in [2.24, 2.45) is 0 Å². The fourth-order valence-electron chi connectivity index (χ4n) is 2.28.